The molecule has 1 aliphatic rings. The summed E-state index contributed by atoms with van der Waals surface area (Å²) in [5.41, 5.74) is 3.78. The molecule has 3 nitrogen and oxygen atoms in total. The van der Waals surface area contributed by atoms with Gasteiger partial charge < -0.3 is 5.32 Å². The Kier molecular flexibility index (Phi) is 3.41. The Morgan fingerprint density at radius 3 is 2.67 bits per heavy atom. The molecule has 21 heavy (non-hydrogen) atoms. The van der Waals surface area contributed by atoms with Crippen molar-refractivity contribution in [1.29, 1.82) is 0 Å². The second-order valence-electron chi connectivity index (χ2n) is 5.48. The Morgan fingerprint density at radius 1 is 1.05 bits per heavy atom. The highest BCUT2D eigenvalue weighted by molar-refractivity contribution is 7.17. The molecule has 0 aliphatic carbocycles. The fraction of sp³-hybridized carbons (Fsp3) is 0.294. The Bertz CT molecular complexity index is 745. The first-order valence-electron chi connectivity index (χ1n) is 7.42. The van der Waals surface area contributed by atoms with Crippen molar-refractivity contribution in [2.45, 2.75) is 18.8 Å². The van der Waals surface area contributed by atoms with Crippen LogP contribution in [0.15, 0.2) is 42.0 Å². The minimum absolute atomic E-state index is 0.550. The topological polar surface area (TPSA) is 37.8 Å². The fourth-order valence-corrected chi connectivity index (χ4v) is 4.06. The summed E-state index contributed by atoms with van der Waals surface area (Å²) >= 11 is 1.72. The molecule has 0 spiro atoms. The number of piperidine rings is 1. The molecule has 1 aromatic carbocycles. The molecule has 0 bridgehead atoms. The minimum Gasteiger partial charge on any atom is -0.317 e. The Balaban J connectivity index is 1.89. The van der Waals surface area contributed by atoms with Crippen molar-refractivity contribution >= 4 is 21.6 Å². The van der Waals surface area contributed by atoms with Crippen molar-refractivity contribution in [3.63, 3.8) is 0 Å². The van der Waals surface area contributed by atoms with Crippen molar-refractivity contribution in [1.82, 2.24) is 15.3 Å². The number of hydrogen-bond donors (Lipinski definition) is 1. The van der Waals surface area contributed by atoms with Gasteiger partial charge >= 0.3 is 0 Å². The van der Waals surface area contributed by atoms with Crippen molar-refractivity contribution in [2.75, 3.05) is 13.1 Å². The maximum Gasteiger partial charge on any atom is 0.127 e. The number of nitrogens with zero attached hydrogens (tertiary/aromatic N) is 2. The highest BCUT2D eigenvalue weighted by atomic mass is 32.1. The van der Waals surface area contributed by atoms with Crippen LogP contribution in [0, 0.1) is 0 Å². The normalized spacial score (nSPS) is 16.4. The predicted octanol–water partition coefficient (Wildman–Crippen LogP) is 3.83. The van der Waals surface area contributed by atoms with Gasteiger partial charge in [-0.25, -0.2) is 9.97 Å². The van der Waals surface area contributed by atoms with Crippen LogP contribution in [-0.2, 0) is 0 Å². The van der Waals surface area contributed by atoms with Crippen LogP contribution in [0.2, 0.25) is 0 Å². The number of fused-ring (bicyclic) bond motifs is 1. The summed E-state index contributed by atoms with van der Waals surface area (Å²) in [6.45, 7) is 2.17. The van der Waals surface area contributed by atoms with E-state index in [2.05, 4.69) is 51.0 Å². The first kappa shape index (κ1) is 12.9. The lowest BCUT2D eigenvalue weighted by atomic mass is 9.91. The van der Waals surface area contributed by atoms with Gasteiger partial charge in [0.15, 0.2) is 0 Å². The van der Waals surface area contributed by atoms with Crippen LogP contribution in [0.1, 0.15) is 24.5 Å². The van der Waals surface area contributed by atoms with Gasteiger partial charge in [-0.2, -0.15) is 0 Å². The number of nitrogens with one attached hydrogen (secondary N) is 1. The fourth-order valence-electron chi connectivity index (χ4n) is 3.13. The number of rotatable bonds is 2. The van der Waals surface area contributed by atoms with Gasteiger partial charge in [0.05, 0.1) is 5.69 Å². The van der Waals surface area contributed by atoms with Crippen LogP contribution in [-0.4, -0.2) is 23.1 Å². The van der Waals surface area contributed by atoms with E-state index in [-0.39, 0.29) is 0 Å². The molecule has 0 saturated carbocycles. The molecule has 1 saturated heterocycles. The summed E-state index contributed by atoms with van der Waals surface area (Å²) in [5.74, 6) is 0.550. The minimum atomic E-state index is 0.550. The van der Waals surface area contributed by atoms with E-state index >= 15 is 0 Å². The summed E-state index contributed by atoms with van der Waals surface area (Å²) in [6.07, 6.45) is 4.05. The first-order valence-corrected chi connectivity index (χ1v) is 8.29. The van der Waals surface area contributed by atoms with E-state index in [0.717, 1.165) is 30.8 Å². The molecule has 4 rings (SSSR count). The van der Waals surface area contributed by atoms with E-state index in [1.165, 1.54) is 22.2 Å². The Labute approximate surface area is 128 Å². The molecule has 106 valence electrons. The van der Waals surface area contributed by atoms with E-state index < -0.39 is 0 Å². The van der Waals surface area contributed by atoms with E-state index in [4.69, 9.17) is 0 Å². The van der Waals surface area contributed by atoms with Gasteiger partial charge in [-0.05, 0) is 31.5 Å². The zero-order chi connectivity index (χ0) is 14.1. The predicted molar refractivity (Wildman–Crippen MR) is 87.7 cm³/mol. The third-order valence-corrected chi connectivity index (χ3v) is 5.10. The smallest absolute Gasteiger partial charge is 0.127 e. The van der Waals surface area contributed by atoms with Gasteiger partial charge in [0.1, 0.15) is 11.2 Å². The molecule has 3 aromatic rings. The third-order valence-electron chi connectivity index (χ3n) is 4.21. The van der Waals surface area contributed by atoms with Gasteiger partial charge in [0.2, 0.25) is 0 Å². The second-order valence-corrected chi connectivity index (χ2v) is 6.34. The monoisotopic (exact) mass is 295 g/mol. The summed E-state index contributed by atoms with van der Waals surface area (Å²) in [6, 6.07) is 10.6. The molecule has 3 heterocycles. The van der Waals surface area contributed by atoms with E-state index in [0.29, 0.717) is 5.92 Å². The number of aromatic nitrogens is 2. The summed E-state index contributed by atoms with van der Waals surface area (Å²) < 4.78 is 0. The molecule has 0 atom stereocenters. The molecular weight excluding hydrogens is 278 g/mol. The molecule has 2 aromatic heterocycles. The summed E-state index contributed by atoms with van der Waals surface area (Å²) in [5, 5.41) is 6.92. The highest BCUT2D eigenvalue weighted by Gasteiger charge is 2.22. The number of hydrogen-bond acceptors (Lipinski definition) is 4. The largest absolute Gasteiger partial charge is 0.317 e. The van der Waals surface area contributed by atoms with E-state index in [9.17, 15) is 0 Å². The van der Waals surface area contributed by atoms with Crippen LogP contribution >= 0.6 is 11.3 Å². The molecular formula is C17H17N3S. The average Bonchev–Trinajstić information content (AvgIpc) is 3.00. The van der Waals surface area contributed by atoms with Gasteiger partial charge in [-0.1, -0.05) is 30.3 Å². The van der Waals surface area contributed by atoms with Gasteiger partial charge in [-0.15, -0.1) is 11.3 Å². The van der Waals surface area contributed by atoms with Crippen LogP contribution < -0.4 is 5.32 Å². The molecule has 0 unspecified atom stereocenters. The molecule has 1 aliphatic heterocycles. The van der Waals surface area contributed by atoms with Gasteiger partial charge in [-0.3, -0.25) is 0 Å². The van der Waals surface area contributed by atoms with Crippen LogP contribution in [0.25, 0.3) is 21.3 Å². The summed E-state index contributed by atoms with van der Waals surface area (Å²) in [4.78, 5) is 10.2. The molecule has 0 radical (unpaired) electrons. The molecule has 0 amide bonds. The lowest BCUT2D eigenvalue weighted by Crippen LogP contribution is -2.27. The second kappa shape index (κ2) is 5.54. The van der Waals surface area contributed by atoms with Crippen molar-refractivity contribution in [3.8, 4) is 11.1 Å². The standard InChI is InChI=1S/C17H17N3S/c1-2-4-12(5-3-1)14-10-21-17-15(14)16(19-11-20-17)13-6-8-18-9-7-13/h1-5,10-11,13,18H,6-9H2. The van der Waals surface area contributed by atoms with Crippen molar-refractivity contribution in [3.05, 3.63) is 47.7 Å². The SMILES string of the molecule is c1ccc(-c2csc3ncnc(C4CCNCC4)c23)cc1. The molecule has 1 fully saturated rings. The number of thiophene rings is 1. The lowest BCUT2D eigenvalue weighted by Gasteiger charge is -2.22. The number of benzene rings is 1. The van der Waals surface area contributed by atoms with E-state index in [1.54, 1.807) is 17.7 Å². The maximum absolute atomic E-state index is 4.66. The molecule has 4 heteroatoms. The van der Waals surface area contributed by atoms with Crippen LogP contribution in [0.3, 0.4) is 0 Å². The van der Waals surface area contributed by atoms with Crippen molar-refractivity contribution in [2.24, 2.45) is 0 Å². The first-order chi connectivity index (χ1) is 10.4. The van der Waals surface area contributed by atoms with Crippen molar-refractivity contribution < 1.29 is 0 Å². The zero-order valence-electron chi connectivity index (χ0n) is 11.7. The third kappa shape index (κ3) is 2.34. The van der Waals surface area contributed by atoms with E-state index in [1.807, 2.05) is 0 Å². The highest BCUT2D eigenvalue weighted by Crippen LogP contribution is 2.38. The average molecular weight is 295 g/mol. The Morgan fingerprint density at radius 2 is 1.86 bits per heavy atom. The summed E-state index contributed by atoms with van der Waals surface area (Å²) in [7, 11) is 0. The van der Waals surface area contributed by atoms with Gasteiger partial charge in [0.25, 0.3) is 0 Å². The van der Waals surface area contributed by atoms with Crippen LogP contribution in [0.5, 0.6) is 0 Å². The molecule has 1 N–H and O–H groups in total. The maximum atomic E-state index is 4.66. The van der Waals surface area contributed by atoms with Crippen LogP contribution in [0.4, 0.5) is 0 Å². The zero-order valence-corrected chi connectivity index (χ0v) is 12.6. The van der Waals surface area contributed by atoms with Gasteiger partial charge in [0, 0.05) is 22.2 Å². The Hall–Kier alpha value is -1.78. The quantitative estimate of drug-likeness (QED) is 0.781. The lowest BCUT2D eigenvalue weighted by molar-refractivity contribution is 0.455.